The van der Waals surface area contributed by atoms with Crippen LogP contribution in [0.1, 0.15) is 22.4 Å². The lowest BCUT2D eigenvalue weighted by atomic mass is 10.2. The Kier molecular flexibility index (Phi) is 3.20. The third-order valence-corrected chi connectivity index (χ3v) is 5.95. The molecule has 2 aromatic heterocycles. The van der Waals surface area contributed by atoms with Crippen molar-refractivity contribution in [3.63, 3.8) is 0 Å². The summed E-state index contributed by atoms with van der Waals surface area (Å²) in [7, 11) is 0. The van der Waals surface area contributed by atoms with Crippen LogP contribution in [0.25, 0.3) is 10.2 Å². The van der Waals surface area contributed by atoms with E-state index in [0.717, 1.165) is 10.8 Å². The standard InChI is InChI=1S/C16H14N2S2/c1-2-5-11(6-3-1)9-19-15-14-12-7-4-8-13(12)20-16(14)18-10-17-15/h1-3,5-6,10H,4,7-9H2. The molecule has 4 rings (SSSR count). The van der Waals surface area contributed by atoms with E-state index in [-0.39, 0.29) is 0 Å². The van der Waals surface area contributed by atoms with Gasteiger partial charge in [0, 0.05) is 16.0 Å². The molecule has 4 heteroatoms. The molecule has 100 valence electrons. The second-order valence-electron chi connectivity index (χ2n) is 4.99. The third kappa shape index (κ3) is 2.13. The minimum Gasteiger partial charge on any atom is -0.229 e. The zero-order valence-electron chi connectivity index (χ0n) is 11.0. The molecule has 1 aliphatic rings. The molecule has 0 amide bonds. The van der Waals surface area contributed by atoms with Crippen LogP contribution in [0.3, 0.4) is 0 Å². The van der Waals surface area contributed by atoms with Gasteiger partial charge in [-0.15, -0.1) is 23.1 Å². The third-order valence-electron chi connectivity index (χ3n) is 3.68. The highest BCUT2D eigenvalue weighted by Gasteiger charge is 2.21. The van der Waals surface area contributed by atoms with E-state index in [0.29, 0.717) is 0 Å². The number of rotatable bonds is 3. The molecule has 0 atom stereocenters. The zero-order chi connectivity index (χ0) is 13.4. The van der Waals surface area contributed by atoms with Crippen molar-refractivity contribution in [3.8, 4) is 0 Å². The Morgan fingerprint density at radius 3 is 2.90 bits per heavy atom. The molecule has 0 aliphatic heterocycles. The Morgan fingerprint density at radius 1 is 1.10 bits per heavy atom. The van der Waals surface area contributed by atoms with Crippen molar-refractivity contribution in [2.75, 3.05) is 0 Å². The topological polar surface area (TPSA) is 25.8 Å². The lowest BCUT2D eigenvalue weighted by Gasteiger charge is -2.04. The number of hydrogen-bond donors (Lipinski definition) is 0. The van der Waals surface area contributed by atoms with Crippen LogP contribution >= 0.6 is 23.1 Å². The lowest BCUT2D eigenvalue weighted by molar-refractivity contribution is 0.915. The number of thioether (sulfide) groups is 1. The first-order chi connectivity index (χ1) is 9.92. The van der Waals surface area contributed by atoms with Gasteiger partial charge < -0.3 is 0 Å². The summed E-state index contributed by atoms with van der Waals surface area (Å²) < 4.78 is 0. The first-order valence-corrected chi connectivity index (χ1v) is 8.64. The van der Waals surface area contributed by atoms with Gasteiger partial charge in [0.25, 0.3) is 0 Å². The molecule has 1 aliphatic carbocycles. The van der Waals surface area contributed by atoms with Gasteiger partial charge in [-0.3, -0.25) is 0 Å². The molecule has 1 aromatic carbocycles. The zero-order valence-corrected chi connectivity index (χ0v) is 12.6. The smallest absolute Gasteiger partial charge is 0.128 e. The number of aromatic nitrogens is 2. The number of aryl methyl sites for hydroxylation is 2. The Labute approximate surface area is 126 Å². The first-order valence-electron chi connectivity index (χ1n) is 6.84. The molecular formula is C16H14N2S2. The lowest BCUT2D eigenvalue weighted by Crippen LogP contribution is -1.88. The van der Waals surface area contributed by atoms with E-state index in [4.69, 9.17) is 0 Å². The average molecular weight is 298 g/mol. The van der Waals surface area contributed by atoms with Crippen LogP contribution in [0.15, 0.2) is 41.7 Å². The summed E-state index contributed by atoms with van der Waals surface area (Å²) in [5, 5.41) is 2.48. The summed E-state index contributed by atoms with van der Waals surface area (Å²) in [6.45, 7) is 0. The molecule has 0 unspecified atom stereocenters. The van der Waals surface area contributed by atoms with Gasteiger partial charge in [-0.25, -0.2) is 9.97 Å². The Bertz CT molecular complexity index is 750. The van der Waals surface area contributed by atoms with Crippen LogP contribution < -0.4 is 0 Å². The number of fused-ring (bicyclic) bond motifs is 3. The summed E-state index contributed by atoms with van der Waals surface area (Å²) in [5.41, 5.74) is 2.86. The molecule has 0 radical (unpaired) electrons. The van der Waals surface area contributed by atoms with Gasteiger partial charge in [0.2, 0.25) is 0 Å². The van der Waals surface area contributed by atoms with Crippen molar-refractivity contribution in [3.05, 3.63) is 52.7 Å². The van der Waals surface area contributed by atoms with E-state index in [1.807, 2.05) is 23.1 Å². The van der Waals surface area contributed by atoms with Crippen molar-refractivity contribution < 1.29 is 0 Å². The number of nitrogens with zero attached hydrogens (tertiary/aromatic N) is 2. The normalized spacial score (nSPS) is 13.8. The molecule has 20 heavy (non-hydrogen) atoms. The van der Waals surface area contributed by atoms with E-state index < -0.39 is 0 Å². The van der Waals surface area contributed by atoms with Crippen molar-refractivity contribution in [1.82, 2.24) is 9.97 Å². The second kappa shape index (κ2) is 5.19. The SMILES string of the molecule is c1ccc(CSc2ncnc3sc4c(c23)CCC4)cc1. The average Bonchev–Trinajstić information content (AvgIpc) is 3.06. The Balaban J connectivity index is 1.69. The minimum absolute atomic E-state index is 0.970. The van der Waals surface area contributed by atoms with Crippen LogP contribution in [0.2, 0.25) is 0 Å². The minimum atomic E-state index is 0.970. The highest BCUT2D eigenvalue weighted by Crippen LogP contribution is 2.40. The van der Waals surface area contributed by atoms with Gasteiger partial charge in [-0.05, 0) is 30.4 Å². The highest BCUT2D eigenvalue weighted by atomic mass is 32.2. The van der Waals surface area contributed by atoms with Crippen molar-refractivity contribution in [1.29, 1.82) is 0 Å². The summed E-state index contributed by atoms with van der Waals surface area (Å²) in [6.07, 6.45) is 5.41. The van der Waals surface area contributed by atoms with Gasteiger partial charge in [0.15, 0.2) is 0 Å². The van der Waals surface area contributed by atoms with Gasteiger partial charge in [0.05, 0.1) is 0 Å². The fraction of sp³-hybridized carbons (Fsp3) is 0.250. The predicted octanol–water partition coefficient (Wildman–Crippen LogP) is 4.47. The number of hydrogen-bond acceptors (Lipinski definition) is 4. The fourth-order valence-corrected chi connectivity index (χ4v) is 5.01. The molecule has 0 saturated heterocycles. The summed E-state index contributed by atoms with van der Waals surface area (Å²) in [6, 6.07) is 10.6. The maximum absolute atomic E-state index is 4.53. The van der Waals surface area contributed by atoms with Gasteiger partial charge in [-0.1, -0.05) is 30.3 Å². The molecule has 0 N–H and O–H groups in total. The summed E-state index contributed by atoms with van der Waals surface area (Å²) in [5.74, 6) is 0.970. The Morgan fingerprint density at radius 2 is 2.00 bits per heavy atom. The molecule has 2 nitrogen and oxygen atoms in total. The van der Waals surface area contributed by atoms with Crippen LogP contribution in [0.5, 0.6) is 0 Å². The molecular weight excluding hydrogens is 284 g/mol. The number of benzene rings is 1. The van der Waals surface area contributed by atoms with Crippen LogP contribution in [0.4, 0.5) is 0 Å². The van der Waals surface area contributed by atoms with Crippen LogP contribution in [-0.2, 0) is 18.6 Å². The molecule has 3 aromatic rings. The van der Waals surface area contributed by atoms with Crippen molar-refractivity contribution in [2.45, 2.75) is 30.0 Å². The molecule has 0 bridgehead atoms. The van der Waals surface area contributed by atoms with E-state index in [1.165, 1.54) is 45.5 Å². The van der Waals surface area contributed by atoms with Gasteiger partial charge >= 0.3 is 0 Å². The second-order valence-corrected chi connectivity index (χ2v) is 7.04. The van der Waals surface area contributed by atoms with Crippen molar-refractivity contribution in [2.24, 2.45) is 0 Å². The van der Waals surface area contributed by atoms with Crippen LogP contribution in [-0.4, -0.2) is 9.97 Å². The van der Waals surface area contributed by atoms with Crippen molar-refractivity contribution >= 4 is 33.3 Å². The fourth-order valence-electron chi connectivity index (χ4n) is 2.74. The quantitative estimate of drug-likeness (QED) is 0.527. The monoisotopic (exact) mass is 298 g/mol. The van der Waals surface area contributed by atoms with E-state index in [2.05, 4.69) is 40.3 Å². The van der Waals surface area contributed by atoms with E-state index in [9.17, 15) is 0 Å². The predicted molar refractivity (Wildman–Crippen MR) is 85.4 cm³/mol. The van der Waals surface area contributed by atoms with E-state index in [1.54, 1.807) is 6.33 Å². The maximum atomic E-state index is 4.53. The Hall–Kier alpha value is -1.39. The van der Waals surface area contributed by atoms with Crippen LogP contribution in [0, 0.1) is 0 Å². The number of thiophene rings is 1. The van der Waals surface area contributed by atoms with Gasteiger partial charge in [0.1, 0.15) is 16.2 Å². The van der Waals surface area contributed by atoms with Gasteiger partial charge in [-0.2, -0.15) is 0 Å². The molecule has 0 fully saturated rings. The largest absolute Gasteiger partial charge is 0.229 e. The first kappa shape index (κ1) is 12.4. The highest BCUT2D eigenvalue weighted by molar-refractivity contribution is 7.98. The summed E-state index contributed by atoms with van der Waals surface area (Å²) >= 11 is 3.69. The maximum Gasteiger partial charge on any atom is 0.128 e. The molecule has 2 heterocycles. The molecule has 0 spiro atoms. The molecule has 0 saturated carbocycles. The van der Waals surface area contributed by atoms with E-state index >= 15 is 0 Å². The summed E-state index contributed by atoms with van der Waals surface area (Å²) in [4.78, 5) is 11.7.